The van der Waals surface area contributed by atoms with Crippen molar-refractivity contribution in [3.8, 4) is 0 Å². The molecule has 1 heterocycles. The summed E-state index contributed by atoms with van der Waals surface area (Å²) in [5.74, 6) is 0.437. The third kappa shape index (κ3) is 4.80. The van der Waals surface area contributed by atoms with Crippen molar-refractivity contribution in [2.75, 3.05) is 5.75 Å². The van der Waals surface area contributed by atoms with Crippen LogP contribution in [0.1, 0.15) is 25.8 Å². The maximum atomic E-state index is 13.1. The molecule has 0 spiro atoms. The average Bonchev–Trinajstić information content (AvgIpc) is 2.97. The molecular weight excluding hydrogens is 394 g/mol. The lowest BCUT2D eigenvalue weighted by atomic mass is 9.96. The SMILES string of the molecule is [C-]#[N+]c1ccc(N=C(SCC)[C@]2(C)CC(C(F)(F)F)N=N2)cc1C(F)(F)F. The number of azo groups is 1. The lowest BCUT2D eigenvalue weighted by Crippen LogP contribution is -2.35. The number of nitrogens with zero attached hydrogens (tertiary/aromatic N) is 4. The van der Waals surface area contributed by atoms with Crippen LogP contribution in [0.4, 0.5) is 37.7 Å². The molecule has 0 radical (unpaired) electrons. The predicted molar refractivity (Wildman–Crippen MR) is 90.7 cm³/mol. The van der Waals surface area contributed by atoms with Crippen LogP contribution in [0, 0.1) is 6.57 Å². The molecule has 1 aliphatic heterocycles. The molecule has 0 saturated heterocycles. The molecule has 1 aromatic rings. The van der Waals surface area contributed by atoms with E-state index in [1.165, 1.54) is 13.0 Å². The van der Waals surface area contributed by atoms with Gasteiger partial charge in [0.1, 0.15) is 10.6 Å². The average molecular weight is 408 g/mol. The maximum absolute atomic E-state index is 13.1. The first-order valence-electron chi connectivity index (χ1n) is 7.70. The summed E-state index contributed by atoms with van der Waals surface area (Å²) in [6, 6.07) is 0.941. The molecule has 0 fully saturated rings. The predicted octanol–water partition coefficient (Wildman–Crippen LogP) is 6.58. The van der Waals surface area contributed by atoms with Crippen molar-refractivity contribution in [3.05, 3.63) is 35.2 Å². The first-order valence-corrected chi connectivity index (χ1v) is 8.68. The second-order valence-corrected chi connectivity index (χ2v) is 7.16. The Labute approximate surface area is 155 Å². The van der Waals surface area contributed by atoms with Gasteiger partial charge in [0.05, 0.1) is 17.8 Å². The van der Waals surface area contributed by atoms with Gasteiger partial charge in [-0.25, -0.2) is 9.84 Å². The number of alkyl halides is 6. The van der Waals surface area contributed by atoms with Crippen molar-refractivity contribution < 1.29 is 26.3 Å². The summed E-state index contributed by atoms with van der Waals surface area (Å²) in [7, 11) is 0. The Morgan fingerprint density at radius 2 is 2.00 bits per heavy atom. The Balaban J connectivity index is 2.45. The van der Waals surface area contributed by atoms with Crippen molar-refractivity contribution in [2.45, 2.75) is 44.2 Å². The van der Waals surface area contributed by atoms with Crippen molar-refractivity contribution in [3.63, 3.8) is 0 Å². The molecule has 1 aliphatic rings. The zero-order valence-electron chi connectivity index (χ0n) is 14.2. The summed E-state index contributed by atoms with van der Waals surface area (Å²) >= 11 is 1.09. The summed E-state index contributed by atoms with van der Waals surface area (Å²) in [4.78, 5) is 6.96. The van der Waals surface area contributed by atoms with E-state index in [0.717, 1.165) is 17.8 Å². The van der Waals surface area contributed by atoms with Gasteiger partial charge in [0.15, 0.2) is 11.7 Å². The summed E-state index contributed by atoms with van der Waals surface area (Å²) in [5.41, 5.74) is -3.21. The van der Waals surface area contributed by atoms with Crippen molar-refractivity contribution in [1.82, 2.24) is 0 Å². The summed E-state index contributed by atoms with van der Waals surface area (Å²) in [5, 5.41) is 7.14. The van der Waals surface area contributed by atoms with Gasteiger partial charge in [0.25, 0.3) is 0 Å². The molecule has 1 aromatic carbocycles. The van der Waals surface area contributed by atoms with Gasteiger partial charge in [-0.3, -0.25) is 0 Å². The Morgan fingerprint density at radius 3 is 2.48 bits per heavy atom. The number of hydrogen-bond acceptors (Lipinski definition) is 4. The van der Waals surface area contributed by atoms with E-state index in [1.807, 2.05) is 0 Å². The minimum atomic E-state index is -4.75. The van der Waals surface area contributed by atoms with Gasteiger partial charge in [0, 0.05) is 6.42 Å². The lowest BCUT2D eigenvalue weighted by molar-refractivity contribution is -0.147. The van der Waals surface area contributed by atoms with E-state index in [4.69, 9.17) is 6.57 Å². The molecule has 4 nitrogen and oxygen atoms in total. The molecule has 27 heavy (non-hydrogen) atoms. The standard InChI is InChI=1S/C16H14F6N4S/c1-4-27-13(14(2)8-12(25-26-14)16(20,21)22)24-9-5-6-11(23-3)10(7-9)15(17,18)19/h5-7,12H,4,8H2,1-2H3/t12?,14-/m0/s1. The topological polar surface area (TPSA) is 41.4 Å². The minimum absolute atomic E-state index is 0.113. The van der Waals surface area contributed by atoms with E-state index >= 15 is 0 Å². The number of halogens is 6. The van der Waals surface area contributed by atoms with Crippen molar-refractivity contribution >= 4 is 28.2 Å². The number of benzene rings is 1. The van der Waals surface area contributed by atoms with E-state index in [1.54, 1.807) is 6.92 Å². The fourth-order valence-corrected chi connectivity index (χ4v) is 3.33. The molecule has 11 heteroatoms. The van der Waals surface area contributed by atoms with Crippen LogP contribution in [0.25, 0.3) is 4.85 Å². The van der Waals surface area contributed by atoms with Crippen LogP contribution in [0.2, 0.25) is 0 Å². The van der Waals surface area contributed by atoms with Crippen LogP contribution in [0.3, 0.4) is 0 Å². The van der Waals surface area contributed by atoms with Gasteiger partial charge < -0.3 is 0 Å². The Hall–Kier alpha value is -2.09. The molecule has 0 N–H and O–H groups in total. The third-order valence-corrected chi connectivity index (χ3v) is 4.86. The minimum Gasteiger partial charge on any atom is -0.244 e. The molecule has 1 unspecified atom stereocenters. The fraction of sp³-hybridized carbons (Fsp3) is 0.500. The van der Waals surface area contributed by atoms with E-state index in [-0.39, 0.29) is 10.7 Å². The number of hydrogen-bond donors (Lipinski definition) is 0. The Kier molecular flexibility index (Phi) is 5.89. The molecule has 2 rings (SSSR count). The number of thioether (sulfide) groups is 1. The van der Waals surface area contributed by atoms with Gasteiger partial charge in [-0.1, -0.05) is 13.0 Å². The number of rotatable bonds is 3. The summed E-state index contributed by atoms with van der Waals surface area (Å²) in [6.07, 6.45) is -9.76. The Bertz CT molecular complexity index is 809. The third-order valence-electron chi connectivity index (χ3n) is 3.76. The highest BCUT2D eigenvalue weighted by Gasteiger charge is 2.50. The molecule has 0 amide bonds. The normalized spacial score (nSPS) is 23.5. The van der Waals surface area contributed by atoms with Crippen LogP contribution in [-0.2, 0) is 6.18 Å². The summed E-state index contributed by atoms with van der Waals surface area (Å²) in [6.45, 7) is 10.00. The van der Waals surface area contributed by atoms with Crippen LogP contribution in [-0.4, -0.2) is 28.6 Å². The molecule has 146 valence electrons. The van der Waals surface area contributed by atoms with E-state index < -0.39 is 41.6 Å². The second-order valence-electron chi connectivity index (χ2n) is 5.91. The Morgan fingerprint density at radius 1 is 1.33 bits per heavy atom. The first kappa shape index (κ1) is 21.2. The molecule has 0 bridgehead atoms. The highest BCUT2D eigenvalue weighted by atomic mass is 32.2. The van der Waals surface area contributed by atoms with E-state index in [2.05, 4.69) is 20.1 Å². The lowest BCUT2D eigenvalue weighted by Gasteiger charge is -2.22. The largest absolute Gasteiger partial charge is 0.412 e. The van der Waals surface area contributed by atoms with Gasteiger partial charge in [-0.2, -0.15) is 36.6 Å². The zero-order chi connectivity index (χ0) is 20.5. The van der Waals surface area contributed by atoms with E-state index in [0.29, 0.717) is 11.8 Å². The van der Waals surface area contributed by atoms with Crippen LogP contribution in [0.5, 0.6) is 0 Å². The summed E-state index contributed by atoms with van der Waals surface area (Å²) < 4.78 is 78.0. The van der Waals surface area contributed by atoms with Gasteiger partial charge >= 0.3 is 12.4 Å². The molecule has 0 aliphatic carbocycles. The molecule has 0 aromatic heterocycles. The van der Waals surface area contributed by atoms with Crippen LogP contribution in [0.15, 0.2) is 33.4 Å². The van der Waals surface area contributed by atoms with Crippen molar-refractivity contribution in [1.29, 1.82) is 0 Å². The van der Waals surface area contributed by atoms with Crippen molar-refractivity contribution in [2.24, 2.45) is 15.2 Å². The fourth-order valence-electron chi connectivity index (χ4n) is 2.45. The van der Waals surface area contributed by atoms with Crippen LogP contribution >= 0.6 is 11.8 Å². The quantitative estimate of drug-likeness (QED) is 0.241. The second kappa shape index (κ2) is 7.50. The zero-order valence-corrected chi connectivity index (χ0v) is 15.0. The highest BCUT2D eigenvalue weighted by molar-refractivity contribution is 8.14. The van der Waals surface area contributed by atoms with Gasteiger partial charge in [-0.05, 0) is 24.8 Å². The van der Waals surface area contributed by atoms with Gasteiger partial charge in [0.2, 0.25) is 0 Å². The number of aliphatic imine (C=N–C) groups is 1. The van der Waals surface area contributed by atoms with E-state index in [9.17, 15) is 26.3 Å². The monoisotopic (exact) mass is 408 g/mol. The van der Waals surface area contributed by atoms with Gasteiger partial charge in [-0.15, -0.1) is 11.8 Å². The molecule has 0 saturated carbocycles. The highest BCUT2D eigenvalue weighted by Crippen LogP contribution is 2.42. The maximum Gasteiger partial charge on any atom is 0.412 e. The smallest absolute Gasteiger partial charge is 0.244 e. The first-order chi connectivity index (χ1) is 12.4. The van der Waals surface area contributed by atoms with Crippen LogP contribution < -0.4 is 0 Å². The molecular formula is C16H14F6N4S. The molecule has 2 atom stereocenters.